The zero-order valence-corrected chi connectivity index (χ0v) is 11.2. The lowest BCUT2D eigenvalue weighted by Gasteiger charge is -2.32. The third-order valence-electron chi connectivity index (χ3n) is 3.72. The summed E-state index contributed by atoms with van der Waals surface area (Å²) in [6, 6.07) is 8.13. The first kappa shape index (κ1) is 12.5. The zero-order valence-electron chi connectivity index (χ0n) is 11.2. The molecule has 0 radical (unpaired) electrons. The molecule has 0 atom stereocenters. The van der Waals surface area contributed by atoms with Crippen LogP contribution in [0.5, 0.6) is 0 Å². The Balaban J connectivity index is 2.20. The van der Waals surface area contributed by atoms with Gasteiger partial charge >= 0.3 is 7.12 Å². The van der Waals surface area contributed by atoms with Crippen LogP contribution < -0.4 is 10.8 Å². The summed E-state index contributed by atoms with van der Waals surface area (Å²) >= 11 is 0. The van der Waals surface area contributed by atoms with Crippen molar-refractivity contribution in [2.45, 2.75) is 38.9 Å². The van der Waals surface area contributed by atoms with Crippen molar-refractivity contribution in [3.63, 3.8) is 0 Å². The molecule has 4 heteroatoms. The largest absolute Gasteiger partial charge is 0.494 e. The summed E-state index contributed by atoms with van der Waals surface area (Å²) in [5, 5.41) is 3.10. The van der Waals surface area contributed by atoms with Gasteiger partial charge in [-0.1, -0.05) is 12.1 Å². The second kappa shape index (κ2) is 4.04. The van der Waals surface area contributed by atoms with Crippen molar-refractivity contribution >= 4 is 18.3 Å². The molecule has 3 nitrogen and oxygen atoms in total. The Bertz CT molecular complexity index is 384. The molecule has 0 unspecified atom stereocenters. The van der Waals surface area contributed by atoms with Crippen LogP contribution >= 0.6 is 0 Å². The Morgan fingerprint density at radius 1 is 0.941 bits per heavy atom. The fourth-order valence-corrected chi connectivity index (χ4v) is 1.79. The fraction of sp³-hybridized carbons (Fsp3) is 0.538. The van der Waals surface area contributed by atoms with Gasteiger partial charge in [-0.05, 0) is 45.3 Å². The number of hydrogen-bond donors (Lipinski definition) is 1. The molecule has 1 aromatic carbocycles. The lowest BCUT2D eigenvalue weighted by Crippen LogP contribution is -2.41. The summed E-state index contributed by atoms with van der Waals surface area (Å²) in [4.78, 5) is 0. The Hall–Kier alpha value is -0.995. The van der Waals surface area contributed by atoms with Crippen molar-refractivity contribution < 1.29 is 9.31 Å². The van der Waals surface area contributed by atoms with Gasteiger partial charge in [0.15, 0.2) is 0 Å². The minimum atomic E-state index is -0.278. The van der Waals surface area contributed by atoms with E-state index in [9.17, 15) is 0 Å². The third-order valence-corrected chi connectivity index (χ3v) is 3.72. The van der Waals surface area contributed by atoms with Crippen molar-refractivity contribution in [3.05, 3.63) is 24.3 Å². The molecule has 0 aromatic heterocycles. The molecule has 92 valence electrons. The molecule has 1 fully saturated rings. The molecule has 0 aliphatic carbocycles. The average molecular weight is 233 g/mol. The average Bonchev–Trinajstić information content (AvgIpc) is 2.48. The third kappa shape index (κ3) is 2.19. The van der Waals surface area contributed by atoms with Gasteiger partial charge in [-0.3, -0.25) is 0 Å². The predicted molar refractivity (Wildman–Crippen MR) is 71.7 cm³/mol. The van der Waals surface area contributed by atoms with E-state index in [-0.39, 0.29) is 18.3 Å². The summed E-state index contributed by atoms with van der Waals surface area (Å²) in [5.41, 5.74) is 1.59. The molecule has 1 aliphatic heterocycles. The van der Waals surface area contributed by atoms with Crippen molar-refractivity contribution in [1.29, 1.82) is 0 Å². The molecule has 1 aromatic rings. The first-order valence-electron chi connectivity index (χ1n) is 5.99. The van der Waals surface area contributed by atoms with Crippen molar-refractivity contribution in [3.8, 4) is 0 Å². The second-order valence-electron chi connectivity index (χ2n) is 5.46. The van der Waals surface area contributed by atoms with Crippen molar-refractivity contribution in [1.82, 2.24) is 0 Å². The Morgan fingerprint density at radius 3 is 1.82 bits per heavy atom. The minimum Gasteiger partial charge on any atom is -0.399 e. The quantitative estimate of drug-likeness (QED) is 0.793. The van der Waals surface area contributed by atoms with E-state index in [2.05, 4.69) is 33.0 Å². The maximum absolute atomic E-state index is 5.98. The van der Waals surface area contributed by atoms with Gasteiger partial charge in [0.05, 0.1) is 11.2 Å². The summed E-state index contributed by atoms with van der Waals surface area (Å²) in [5.74, 6) is 0. The molecular weight excluding hydrogens is 213 g/mol. The summed E-state index contributed by atoms with van der Waals surface area (Å²) in [6.45, 7) is 8.26. The van der Waals surface area contributed by atoms with Gasteiger partial charge in [-0.15, -0.1) is 0 Å². The van der Waals surface area contributed by atoms with Gasteiger partial charge in [0.2, 0.25) is 0 Å². The maximum atomic E-state index is 5.98. The molecule has 0 bridgehead atoms. The predicted octanol–water partition coefficient (Wildman–Crippen LogP) is 2.03. The van der Waals surface area contributed by atoms with Crippen molar-refractivity contribution in [2.75, 3.05) is 12.4 Å². The van der Waals surface area contributed by atoms with Crippen LogP contribution in [-0.4, -0.2) is 25.4 Å². The van der Waals surface area contributed by atoms with Gasteiger partial charge in [0.1, 0.15) is 0 Å². The molecule has 0 saturated carbocycles. The van der Waals surface area contributed by atoms with Gasteiger partial charge in [0, 0.05) is 12.7 Å². The highest BCUT2D eigenvalue weighted by molar-refractivity contribution is 6.62. The number of nitrogens with one attached hydrogen (secondary N) is 1. The summed E-state index contributed by atoms with van der Waals surface area (Å²) < 4.78 is 12.0. The Morgan fingerprint density at radius 2 is 1.41 bits per heavy atom. The first-order valence-corrected chi connectivity index (χ1v) is 5.99. The van der Waals surface area contributed by atoms with Crippen LogP contribution in [0.1, 0.15) is 27.7 Å². The van der Waals surface area contributed by atoms with Crippen LogP contribution in [0.15, 0.2) is 24.3 Å². The Kier molecular flexibility index (Phi) is 2.96. The number of anilines is 1. The van der Waals surface area contributed by atoms with E-state index >= 15 is 0 Å². The van der Waals surface area contributed by atoms with Crippen LogP contribution in [0.4, 0.5) is 5.69 Å². The van der Waals surface area contributed by atoms with E-state index in [1.807, 2.05) is 31.3 Å². The molecule has 1 heterocycles. The van der Waals surface area contributed by atoms with E-state index in [4.69, 9.17) is 9.31 Å². The van der Waals surface area contributed by atoms with E-state index in [1.165, 1.54) is 0 Å². The Labute approximate surface area is 104 Å². The number of rotatable bonds is 2. The highest BCUT2D eigenvalue weighted by Gasteiger charge is 2.51. The molecule has 0 amide bonds. The monoisotopic (exact) mass is 233 g/mol. The van der Waals surface area contributed by atoms with Crippen LogP contribution in [0.25, 0.3) is 0 Å². The molecule has 1 saturated heterocycles. The lowest BCUT2D eigenvalue weighted by molar-refractivity contribution is 0.00578. The van der Waals surface area contributed by atoms with Gasteiger partial charge in [-0.2, -0.15) is 0 Å². The summed E-state index contributed by atoms with van der Waals surface area (Å²) in [7, 11) is 1.63. The van der Waals surface area contributed by atoms with Crippen LogP contribution in [0, 0.1) is 0 Å². The number of hydrogen-bond acceptors (Lipinski definition) is 3. The minimum absolute atomic E-state index is 0.272. The smallest absolute Gasteiger partial charge is 0.399 e. The highest BCUT2D eigenvalue weighted by Crippen LogP contribution is 2.36. The molecular formula is C13H20BNO2. The lowest BCUT2D eigenvalue weighted by atomic mass is 9.79. The topological polar surface area (TPSA) is 30.5 Å². The van der Waals surface area contributed by atoms with Crippen molar-refractivity contribution in [2.24, 2.45) is 0 Å². The van der Waals surface area contributed by atoms with Crippen LogP contribution in [-0.2, 0) is 9.31 Å². The van der Waals surface area contributed by atoms with Crippen LogP contribution in [0.2, 0.25) is 0 Å². The van der Waals surface area contributed by atoms with Gasteiger partial charge in [0.25, 0.3) is 0 Å². The van der Waals surface area contributed by atoms with Crippen LogP contribution in [0.3, 0.4) is 0 Å². The summed E-state index contributed by atoms with van der Waals surface area (Å²) in [6.07, 6.45) is 0. The molecule has 1 N–H and O–H groups in total. The second-order valence-corrected chi connectivity index (χ2v) is 5.46. The maximum Gasteiger partial charge on any atom is 0.494 e. The number of benzene rings is 1. The highest BCUT2D eigenvalue weighted by atomic mass is 16.7. The first-order chi connectivity index (χ1) is 7.86. The van der Waals surface area contributed by atoms with Gasteiger partial charge < -0.3 is 14.6 Å². The SMILES string of the molecule is CNc1ccc(B2OC(C)(C)C(C)(C)O2)cc1. The molecule has 17 heavy (non-hydrogen) atoms. The zero-order chi connectivity index (χ0) is 12.7. The van der Waals surface area contributed by atoms with E-state index in [0.717, 1.165) is 11.2 Å². The van der Waals surface area contributed by atoms with E-state index in [1.54, 1.807) is 0 Å². The standard InChI is InChI=1S/C13H20BNO2/c1-12(2)13(3,4)17-14(16-12)10-6-8-11(15-5)9-7-10/h6-9,15H,1-5H3. The molecule has 1 aliphatic rings. The molecule has 0 spiro atoms. The normalized spacial score (nSPS) is 21.6. The van der Waals surface area contributed by atoms with Gasteiger partial charge in [-0.25, -0.2) is 0 Å². The van der Waals surface area contributed by atoms with E-state index in [0.29, 0.717) is 0 Å². The van der Waals surface area contributed by atoms with E-state index < -0.39 is 0 Å². The molecule has 2 rings (SSSR count). The fourth-order valence-electron chi connectivity index (χ4n) is 1.79.